The topological polar surface area (TPSA) is 0 Å². The molecule has 0 aliphatic heterocycles. The standard InChI is InChI=1S/C21H25.C15H14.C5H5.2ClH.Zr/c1-20(2,3)16-9-7-14-11-15-8-10-17(21(4,5)6)13-19(15)18(14)12-16;1-12-7-3-5-9-14(12)11-15-10-6-4-8-13(15)2;1-2-4-5-3-1;;;/h7,9-10,12-13H,11H2,1-6H3;3-10H,1-2H3;1-5H;2*1H;/q-1;;-1;;;+2/p-2. The first kappa shape index (κ1) is 37.7. The molecule has 0 N–H and O–H groups in total. The predicted octanol–water partition coefficient (Wildman–Crippen LogP) is 4.49. The molecule has 0 nitrogen and oxygen atoms in total. The maximum Gasteiger partial charge on any atom is -0.172 e. The van der Waals surface area contributed by atoms with Crippen LogP contribution in [0, 0.1) is 19.9 Å². The summed E-state index contributed by atoms with van der Waals surface area (Å²) in [5, 5.41) is 0. The van der Waals surface area contributed by atoms with E-state index in [2.05, 4.69) is 140 Å². The van der Waals surface area contributed by atoms with E-state index in [0.717, 1.165) is 6.42 Å². The first-order chi connectivity index (χ1) is 19.9. The summed E-state index contributed by atoms with van der Waals surface area (Å²) < 4.78 is 1.45. The first-order valence-corrected chi connectivity index (χ1v) is 16.2. The van der Waals surface area contributed by atoms with E-state index >= 15 is 0 Å². The van der Waals surface area contributed by atoms with E-state index in [1.807, 2.05) is 30.3 Å². The van der Waals surface area contributed by atoms with Crippen molar-refractivity contribution in [3.05, 3.63) is 160 Å². The van der Waals surface area contributed by atoms with Crippen LogP contribution in [-0.2, 0) is 41.5 Å². The third-order valence-electron chi connectivity index (χ3n) is 7.91. The van der Waals surface area contributed by atoms with Crippen molar-refractivity contribution in [1.29, 1.82) is 0 Å². The van der Waals surface area contributed by atoms with Gasteiger partial charge in [0, 0.05) is 0 Å². The van der Waals surface area contributed by atoms with Crippen molar-refractivity contribution in [2.24, 2.45) is 0 Å². The zero-order valence-electron chi connectivity index (χ0n) is 27.4. The van der Waals surface area contributed by atoms with Crippen molar-refractivity contribution in [2.45, 2.75) is 72.6 Å². The van der Waals surface area contributed by atoms with Crippen LogP contribution < -0.4 is 24.8 Å². The molecule has 0 heterocycles. The van der Waals surface area contributed by atoms with Crippen molar-refractivity contribution >= 4 is 3.21 Å². The summed E-state index contributed by atoms with van der Waals surface area (Å²) >= 11 is 1.47. The zero-order valence-corrected chi connectivity index (χ0v) is 31.3. The minimum absolute atomic E-state index is 0. The van der Waals surface area contributed by atoms with E-state index in [0.29, 0.717) is 0 Å². The van der Waals surface area contributed by atoms with Gasteiger partial charge in [-0.25, -0.2) is 12.1 Å². The second-order valence-electron chi connectivity index (χ2n) is 13.3. The molecule has 228 valence electrons. The molecular weight excluding hydrogens is 655 g/mol. The van der Waals surface area contributed by atoms with Crippen molar-refractivity contribution in [1.82, 2.24) is 0 Å². The predicted molar refractivity (Wildman–Crippen MR) is 179 cm³/mol. The van der Waals surface area contributed by atoms with Crippen molar-refractivity contribution in [2.75, 3.05) is 0 Å². The Balaban J connectivity index is 0.000000260. The quantitative estimate of drug-likeness (QED) is 0.234. The van der Waals surface area contributed by atoms with Crippen LogP contribution in [-0.4, -0.2) is 3.21 Å². The Morgan fingerprint density at radius 2 is 1.16 bits per heavy atom. The summed E-state index contributed by atoms with van der Waals surface area (Å²) in [5.74, 6) is 0. The minimum atomic E-state index is 0. The summed E-state index contributed by atoms with van der Waals surface area (Å²) in [7, 11) is 0. The Bertz CT molecular complexity index is 1520. The molecule has 0 aromatic heterocycles. The number of hydrogen-bond donors (Lipinski definition) is 0. The SMILES string of the molecule is CC(C)(C)c1c[c-]c2c(c1)-c1cc(C(C)(C)C)ccc1C2.Cc1ccccc1[C](=[Zr+2])c1ccccc1C.[Cl-].[Cl-].c1cc[cH-]c1. The fourth-order valence-corrected chi connectivity index (χ4v) is 6.54. The molecule has 0 saturated heterocycles. The van der Waals surface area contributed by atoms with Gasteiger partial charge in [-0.15, -0.1) is 5.56 Å². The van der Waals surface area contributed by atoms with Crippen LogP contribution in [0.5, 0.6) is 0 Å². The number of benzene rings is 4. The number of hydrogen-bond acceptors (Lipinski definition) is 0. The fraction of sp³-hybridized carbons (Fsp3) is 0.268. The summed E-state index contributed by atoms with van der Waals surface area (Å²) in [6.45, 7) is 18.0. The van der Waals surface area contributed by atoms with Crippen LogP contribution in [0.1, 0.15) is 86.1 Å². The van der Waals surface area contributed by atoms with Crippen LogP contribution in [0.3, 0.4) is 0 Å². The van der Waals surface area contributed by atoms with Gasteiger partial charge >= 0.3 is 112 Å². The van der Waals surface area contributed by atoms with Gasteiger partial charge in [-0.05, 0) is 17.4 Å². The van der Waals surface area contributed by atoms with E-state index < -0.39 is 0 Å². The average Bonchev–Trinajstić information content (AvgIpc) is 3.64. The van der Waals surface area contributed by atoms with Gasteiger partial charge in [0.05, 0.1) is 0 Å². The molecule has 0 radical (unpaired) electrons. The Morgan fingerprint density at radius 3 is 1.61 bits per heavy atom. The second kappa shape index (κ2) is 16.2. The maximum atomic E-state index is 3.53. The summed E-state index contributed by atoms with van der Waals surface area (Å²) in [6.07, 6.45) is 1.03. The Hall–Kier alpha value is -2.44. The van der Waals surface area contributed by atoms with Gasteiger partial charge in [-0.1, -0.05) is 76.3 Å². The molecular formula is C41H44Cl2Zr-2. The number of halogens is 2. The number of aryl methyl sites for hydroxylation is 2. The summed E-state index contributed by atoms with van der Waals surface area (Å²) in [4.78, 5) is 0. The molecule has 1 aliphatic carbocycles. The third kappa shape index (κ3) is 9.53. The maximum absolute atomic E-state index is 3.53. The van der Waals surface area contributed by atoms with E-state index in [-0.39, 0.29) is 35.6 Å². The first-order valence-electron chi connectivity index (χ1n) is 14.9. The Labute approximate surface area is 293 Å². The molecule has 44 heavy (non-hydrogen) atoms. The van der Waals surface area contributed by atoms with Crippen LogP contribution in [0.25, 0.3) is 11.1 Å². The average molecular weight is 699 g/mol. The number of fused-ring (bicyclic) bond motifs is 3. The molecule has 6 rings (SSSR count). The minimum Gasteiger partial charge on any atom is -1.00 e. The van der Waals surface area contributed by atoms with Crippen LogP contribution in [0.15, 0.2) is 109 Å². The molecule has 0 bridgehead atoms. The van der Waals surface area contributed by atoms with Crippen molar-refractivity contribution < 1.29 is 49.0 Å². The molecule has 3 heteroatoms. The number of rotatable bonds is 2. The van der Waals surface area contributed by atoms with E-state index in [9.17, 15) is 0 Å². The third-order valence-corrected chi connectivity index (χ3v) is 9.23. The molecule has 1 aliphatic rings. The van der Waals surface area contributed by atoms with Crippen LogP contribution >= 0.6 is 0 Å². The zero-order chi connectivity index (χ0) is 30.5. The van der Waals surface area contributed by atoms with E-state index in [4.69, 9.17) is 0 Å². The second-order valence-corrected chi connectivity index (χ2v) is 14.5. The molecule has 0 amide bonds. The van der Waals surface area contributed by atoms with Gasteiger partial charge in [0.2, 0.25) is 0 Å². The molecule has 0 saturated carbocycles. The van der Waals surface area contributed by atoms with Gasteiger partial charge < -0.3 is 24.8 Å². The van der Waals surface area contributed by atoms with Crippen molar-refractivity contribution in [3.63, 3.8) is 0 Å². The molecule has 5 aromatic rings. The van der Waals surface area contributed by atoms with E-state index in [1.54, 1.807) is 0 Å². The van der Waals surface area contributed by atoms with Crippen LogP contribution in [0.4, 0.5) is 0 Å². The van der Waals surface area contributed by atoms with Gasteiger partial charge in [-0.2, -0.15) is 47.5 Å². The summed E-state index contributed by atoms with van der Waals surface area (Å²) in [6, 6.07) is 42.3. The van der Waals surface area contributed by atoms with Gasteiger partial charge in [-0.3, -0.25) is 0 Å². The molecule has 0 spiro atoms. The molecule has 0 fully saturated rings. The van der Waals surface area contributed by atoms with E-state index in [1.165, 1.54) is 83.1 Å². The normalized spacial score (nSPS) is 11.3. The molecule has 0 unspecified atom stereocenters. The molecule has 0 atom stereocenters. The Kier molecular flexibility index (Phi) is 13.9. The van der Waals surface area contributed by atoms with Gasteiger partial charge in [0.25, 0.3) is 0 Å². The largest absolute Gasteiger partial charge is 1.00 e. The van der Waals surface area contributed by atoms with Gasteiger partial charge in [0.1, 0.15) is 0 Å². The Morgan fingerprint density at radius 1 is 0.659 bits per heavy atom. The van der Waals surface area contributed by atoms with Crippen molar-refractivity contribution in [3.8, 4) is 11.1 Å². The van der Waals surface area contributed by atoms with Crippen LogP contribution in [0.2, 0.25) is 0 Å². The smallest absolute Gasteiger partial charge is 0.172 e. The monoisotopic (exact) mass is 696 g/mol. The fourth-order valence-electron chi connectivity index (χ4n) is 5.16. The molecule has 5 aromatic carbocycles. The summed E-state index contributed by atoms with van der Waals surface area (Å²) in [5.41, 5.74) is 14.2. The van der Waals surface area contributed by atoms with Gasteiger partial charge in [0.15, 0.2) is 0 Å².